The number of nitrogens with two attached hydrogens (primary N) is 2. The van der Waals surface area contributed by atoms with E-state index in [-0.39, 0.29) is 24.4 Å². The molecule has 0 aromatic heterocycles. The Kier molecular flexibility index (Phi) is 4.71. The molecule has 2 rings (SSSR count). The molecule has 0 spiro atoms. The smallest absolute Gasteiger partial charge is 0.268 e. The van der Waals surface area contributed by atoms with Gasteiger partial charge in [-0.1, -0.05) is 26.8 Å². The first-order valence-corrected chi connectivity index (χ1v) is 7.51. The first kappa shape index (κ1) is 16.3. The molecule has 0 radical (unpaired) electrons. The van der Waals surface area contributed by atoms with E-state index in [0.29, 0.717) is 11.4 Å². The van der Waals surface area contributed by atoms with Gasteiger partial charge in [-0.15, -0.1) is 0 Å². The Labute approximate surface area is 130 Å². The summed E-state index contributed by atoms with van der Waals surface area (Å²) in [4.78, 5) is 25.3. The Morgan fingerprint density at radius 1 is 1.41 bits per heavy atom. The van der Waals surface area contributed by atoms with Crippen LogP contribution in [0, 0.1) is 5.92 Å². The summed E-state index contributed by atoms with van der Waals surface area (Å²) in [5, 5.41) is 0. The van der Waals surface area contributed by atoms with E-state index >= 15 is 0 Å². The summed E-state index contributed by atoms with van der Waals surface area (Å²) >= 11 is 0. The SMILES string of the molecule is CCC(N)c1ccc2c(c1)N(CC(N)=O)C(=O)C(C(C)C)O2. The average molecular weight is 305 g/mol. The van der Waals surface area contributed by atoms with Crippen molar-refractivity contribution in [2.24, 2.45) is 17.4 Å². The Balaban J connectivity index is 2.47. The maximum atomic E-state index is 12.6. The number of hydrogen-bond donors (Lipinski definition) is 2. The summed E-state index contributed by atoms with van der Waals surface area (Å²) in [5.74, 6) is -0.238. The number of carbonyl (C=O) groups is 2. The highest BCUT2D eigenvalue weighted by Gasteiger charge is 2.37. The second kappa shape index (κ2) is 6.36. The predicted octanol–water partition coefficient (Wildman–Crippen LogP) is 1.33. The van der Waals surface area contributed by atoms with E-state index in [0.717, 1.165) is 12.0 Å². The lowest BCUT2D eigenvalue weighted by Crippen LogP contribution is -2.51. The first-order chi connectivity index (χ1) is 10.3. The van der Waals surface area contributed by atoms with E-state index in [2.05, 4.69) is 0 Å². The molecule has 1 aliphatic heterocycles. The zero-order valence-electron chi connectivity index (χ0n) is 13.2. The topological polar surface area (TPSA) is 98.6 Å². The number of benzene rings is 1. The summed E-state index contributed by atoms with van der Waals surface area (Å²) in [5.41, 5.74) is 12.8. The summed E-state index contributed by atoms with van der Waals surface area (Å²) < 4.78 is 5.80. The summed E-state index contributed by atoms with van der Waals surface area (Å²) in [7, 11) is 0. The molecular formula is C16H23N3O3. The van der Waals surface area contributed by atoms with Crippen LogP contribution in [0.25, 0.3) is 0 Å². The quantitative estimate of drug-likeness (QED) is 0.857. The Morgan fingerprint density at radius 2 is 2.09 bits per heavy atom. The molecule has 6 heteroatoms. The van der Waals surface area contributed by atoms with Crippen molar-refractivity contribution in [2.75, 3.05) is 11.4 Å². The van der Waals surface area contributed by atoms with Crippen LogP contribution in [-0.2, 0) is 9.59 Å². The zero-order valence-corrected chi connectivity index (χ0v) is 13.2. The molecule has 0 saturated heterocycles. The standard InChI is InChI=1S/C16H23N3O3/c1-4-11(17)10-5-6-13-12(7-10)19(8-14(18)20)16(21)15(22-13)9(2)3/h5-7,9,11,15H,4,8,17H2,1-3H3,(H2,18,20). The fourth-order valence-corrected chi connectivity index (χ4v) is 2.51. The Hall–Kier alpha value is -2.08. The van der Waals surface area contributed by atoms with Gasteiger partial charge in [0.1, 0.15) is 12.3 Å². The van der Waals surface area contributed by atoms with Crippen LogP contribution in [0.2, 0.25) is 0 Å². The summed E-state index contributed by atoms with van der Waals surface area (Å²) in [6.07, 6.45) is 0.162. The minimum atomic E-state index is -0.613. The van der Waals surface area contributed by atoms with Crippen molar-refractivity contribution in [3.05, 3.63) is 23.8 Å². The number of carbonyl (C=O) groups excluding carboxylic acids is 2. The molecule has 0 saturated carbocycles. The van der Waals surface area contributed by atoms with Crippen LogP contribution in [-0.4, -0.2) is 24.5 Å². The van der Waals surface area contributed by atoms with Crippen molar-refractivity contribution >= 4 is 17.5 Å². The predicted molar refractivity (Wildman–Crippen MR) is 84.5 cm³/mol. The Morgan fingerprint density at radius 3 is 2.64 bits per heavy atom. The number of ether oxygens (including phenoxy) is 1. The molecule has 1 aliphatic rings. The molecule has 2 atom stereocenters. The van der Waals surface area contributed by atoms with E-state index < -0.39 is 12.0 Å². The second-order valence-electron chi connectivity index (χ2n) is 5.92. The minimum Gasteiger partial charge on any atom is -0.478 e. The van der Waals surface area contributed by atoms with Gasteiger partial charge in [-0.25, -0.2) is 0 Å². The van der Waals surface area contributed by atoms with Crippen LogP contribution in [0.1, 0.15) is 38.8 Å². The van der Waals surface area contributed by atoms with Gasteiger partial charge in [-0.3, -0.25) is 14.5 Å². The number of amides is 2. The van der Waals surface area contributed by atoms with E-state index in [9.17, 15) is 9.59 Å². The van der Waals surface area contributed by atoms with Crippen LogP contribution in [0.15, 0.2) is 18.2 Å². The molecule has 6 nitrogen and oxygen atoms in total. The fraction of sp³-hybridized carbons (Fsp3) is 0.500. The number of nitrogens with zero attached hydrogens (tertiary/aromatic N) is 1. The zero-order chi connectivity index (χ0) is 16.4. The van der Waals surface area contributed by atoms with Crippen molar-refractivity contribution in [1.29, 1.82) is 0 Å². The molecule has 1 heterocycles. The van der Waals surface area contributed by atoms with Gasteiger partial charge in [0.15, 0.2) is 6.10 Å². The monoisotopic (exact) mass is 305 g/mol. The van der Waals surface area contributed by atoms with Gasteiger partial charge in [0.2, 0.25) is 5.91 Å². The van der Waals surface area contributed by atoms with Crippen LogP contribution in [0.5, 0.6) is 5.75 Å². The number of anilines is 1. The molecule has 0 aliphatic carbocycles. The van der Waals surface area contributed by atoms with E-state index in [1.807, 2.05) is 26.8 Å². The van der Waals surface area contributed by atoms with Gasteiger partial charge < -0.3 is 16.2 Å². The van der Waals surface area contributed by atoms with Crippen LogP contribution >= 0.6 is 0 Å². The number of rotatable bonds is 5. The molecular weight excluding hydrogens is 282 g/mol. The van der Waals surface area contributed by atoms with Gasteiger partial charge in [-0.05, 0) is 30.0 Å². The van der Waals surface area contributed by atoms with E-state index in [1.54, 1.807) is 12.1 Å². The average Bonchev–Trinajstić information content (AvgIpc) is 2.47. The lowest BCUT2D eigenvalue weighted by molar-refractivity contribution is -0.129. The van der Waals surface area contributed by atoms with Crippen molar-refractivity contribution in [3.63, 3.8) is 0 Å². The van der Waals surface area contributed by atoms with Crippen molar-refractivity contribution in [3.8, 4) is 5.75 Å². The van der Waals surface area contributed by atoms with E-state index in [1.165, 1.54) is 4.90 Å². The fourth-order valence-electron chi connectivity index (χ4n) is 2.51. The molecule has 0 bridgehead atoms. The molecule has 2 amide bonds. The normalized spacial score (nSPS) is 18.9. The van der Waals surface area contributed by atoms with Crippen LogP contribution < -0.4 is 21.1 Å². The van der Waals surface area contributed by atoms with Crippen molar-refractivity contribution in [1.82, 2.24) is 0 Å². The van der Waals surface area contributed by atoms with Gasteiger partial charge >= 0.3 is 0 Å². The molecule has 1 aromatic carbocycles. The molecule has 2 unspecified atom stereocenters. The van der Waals surface area contributed by atoms with E-state index in [4.69, 9.17) is 16.2 Å². The number of fused-ring (bicyclic) bond motifs is 1. The third kappa shape index (κ3) is 3.06. The van der Waals surface area contributed by atoms with Crippen LogP contribution in [0.4, 0.5) is 5.69 Å². The Bertz CT molecular complexity index is 586. The lowest BCUT2D eigenvalue weighted by atomic mass is 10.00. The summed E-state index contributed by atoms with van der Waals surface area (Å²) in [6, 6.07) is 5.37. The summed E-state index contributed by atoms with van der Waals surface area (Å²) in [6.45, 7) is 5.62. The van der Waals surface area contributed by atoms with Gasteiger partial charge in [0, 0.05) is 6.04 Å². The first-order valence-electron chi connectivity index (χ1n) is 7.51. The molecule has 0 fully saturated rings. The number of primary amides is 1. The third-order valence-electron chi connectivity index (χ3n) is 3.82. The molecule has 22 heavy (non-hydrogen) atoms. The highest BCUT2D eigenvalue weighted by molar-refractivity contribution is 6.03. The highest BCUT2D eigenvalue weighted by atomic mass is 16.5. The van der Waals surface area contributed by atoms with Crippen LogP contribution in [0.3, 0.4) is 0 Å². The van der Waals surface area contributed by atoms with Gasteiger partial charge in [-0.2, -0.15) is 0 Å². The third-order valence-corrected chi connectivity index (χ3v) is 3.82. The minimum absolute atomic E-state index is 0.00592. The molecule has 4 N–H and O–H groups in total. The number of hydrogen-bond acceptors (Lipinski definition) is 4. The second-order valence-corrected chi connectivity index (χ2v) is 5.92. The van der Waals surface area contributed by atoms with Gasteiger partial charge in [0.25, 0.3) is 5.91 Å². The van der Waals surface area contributed by atoms with Crippen molar-refractivity contribution < 1.29 is 14.3 Å². The van der Waals surface area contributed by atoms with Gasteiger partial charge in [0.05, 0.1) is 5.69 Å². The van der Waals surface area contributed by atoms with Crippen molar-refractivity contribution in [2.45, 2.75) is 39.3 Å². The highest BCUT2D eigenvalue weighted by Crippen LogP contribution is 2.37. The lowest BCUT2D eigenvalue weighted by Gasteiger charge is -2.35. The maximum Gasteiger partial charge on any atom is 0.268 e. The molecule has 1 aromatic rings. The largest absolute Gasteiger partial charge is 0.478 e. The maximum absolute atomic E-state index is 12.6. The molecule has 120 valence electrons.